The second-order valence-electron chi connectivity index (χ2n) is 4.38. The maximum Gasteiger partial charge on any atom is 0.161 e. The van der Waals surface area contributed by atoms with E-state index in [0.717, 1.165) is 6.29 Å². The molecule has 4 heteroatoms. The molecule has 0 heterocycles. The van der Waals surface area contributed by atoms with E-state index in [-0.39, 0.29) is 5.82 Å². The van der Waals surface area contributed by atoms with Crippen LogP contribution in [0, 0.1) is 12.7 Å². The minimum Gasteiger partial charge on any atom is -0.493 e. The first-order valence-corrected chi connectivity index (χ1v) is 6.08. The van der Waals surface area contributed by atoms with Gasteiger partial charge < -0.3 is 9.47 Å². The molecule has 0 amide bonds. The standard InChI is InChI=1S/C16H15FO3/c1-10-4-5-11(6-14(10)17)13-8-16(20-3)15(19-2)7-12(13)9-18/h4-9H,1-3H3. The fraction of sp³-hybridized carbons (Fsp3) is 0.188. The molecule has 2 rings (SSSR count). The Morgan fingerprint density at radius 3 is 2.25 bits per heavy atom. The minimum atomic E-state index is -0.311. The topological polar surface area (TPSA) is 35.5 Å². The molecule has 2 aromatic rings. The van der Waals surface area contributed by atoms with Crippen LogP contribution in [0.1, 0.15) is 15.9 Å². The van der Waals surface area contributed by atoms with E-state index < -0.39 is 0 Å². The summed E-state index contributed by atoms with van der Waals surface area (Å²) < 4.78 is 24.1. The number of rotatable bonds is 4. The lowest BCUT2D eigenvalue weighted by atomic mass is 9.98. The summed E-state index contributed by atoms with van der Waals surface area (Å²) in [5.41, 5.74) is 2.21. The summed E-state index contributed by atoms with van der Waals surface area (Å²) in [6.45, 7) is 1.69. The summed E-state index contributed by atoms with van der Waals surface area (Å²) in [6.07, 6.45) is 0.717. The molecule has 3 nitrogen and oxygen atoms in total. The fourth-order valence-electron chi connectivity index (χ4n) is 2.00. The van der Waals surface area contributed by atoms with Gasteiger partial charge in [0.25, 0.3) is 0 Å². The first-order valence-electron chi connectivity index (χ1n) is 6.08. The molecular weight excluding hydrogens is 259 g/mol. The summed E-state index contributed by atoms with van der Waals surface area (Å²) in [7, 11) is 3.01. The fourth-order valence-corrected chi connectivity index (χ4v) is 2.00. The van der Waals surface area contributed by atoms with Crippen LogP contribution in [0.2, 0.25) is 0 Å². The van der Waals surface area contributed by atoms with Gasteiger partial charge in [0.2, 0.25) is 0 Å². The highest BCUT2D eigenvalue weighted by Crippen LogP contribution is 2.35. The third-order valence-corrected chi connectivity index (χ3v) is 3.17. The lowest BCUT2D eigenvalue weighted by molar-refractivity contribution is 0.112. The molecule has 0 bridgehead atoms. The third kappa shape index (κ3) is 2.50. The maximum absolute atomic E-state index is 13.7. The number of aldehydes is 1. The predicted octanol–water partition coefficient (Wildman–Crippen LogP) is 3.63. The Kier molecular flexibility index (Phi) is 4.03. The second kappa shape index (κ2) is 5.74. The van der Waals surface area contributed by atoms with Crippen molar-refractivity contribution in [3.05, 3.63) is 47.3 Å². The molecule has 2 aromatic carbocycles. The lowest BCUT2D eigenvalue weighted by Gasteiger charge is -2.12. The first-order chi connectivity index (χ1) is 9.60. The van der Waals surface area contributed by atoms with Gasteiger partial charge in [-0.25, -0.2) is 4.39 Å². The van der Waals surface area contributed by atoms with Crippen molar-refractivity contribution in [2.45, 2.75) is 6.92 Å². The first kappa shape index (κ1) is 14.1. The number of hydrogen-bond acceptors (Lipinski definition) is 3. The van der Waals surface area contributed by atoms with Crippen molar-refractivity contribution in [1.82, 2.24) is 0 Å². The molecule has 0 N–H and O–H groups in total. The zero-order chi connectivity index (χ0) is 14.7. The zero-order valence-electron chi connectivity index (χ0n) is 11.6. The van der Waals surface area contributed by atoms with Crippen LogP contribution in [0.3, 0.4) is 0 Å². The quantitative estimate of drug-likeness (QED) is 0.799. The average Bonchev–Trinajstić information content (AvgIpc) is 2.48. The lowest BCUT2D eigenvalue weighted by Crippen LogP contribution is -1.96. The number of carbonyl (C=O) groups excluding carboxylic acids is 1. The van der Waals surface area contributed by atoms with Gasteiger partial charge in [0.05, 0.1) is 14.2 Å². The largest absolute Gasteiger partial charge is 0.493 e. The minimum absolute atomic E-state index is 0.311. The number of aryl methyl sites for hydroxylation is 1. The summed E-state index contributed by atoms with van der Waals surface area (Å²) in [5, 5.41) is 0. The SMILES string of the molecule is COc1cc(C=O)c(-c2ccc(C)c(F)c2)cc1OC. The molecule has 104 valence electrons. The molecule has 0 radical (unpaired) electrons. The number of hydrogen-bond donors (Lipinski definition) is 0. The Labute approximate surface area is 117 Å². The monoisotopic (exact) mass is 274 g/mol. The molecule has 0 aromatic heterocycles. The summed E-state index contributed by atoms with van der Waals surface area (Å²) in [5.74, 6) is 0.647. The van der Waals surface area contributed by atoms with E-state index in [1.165, 1.54) is 20.3 Å². The van der Waals surface area contributed by atoms with Crippen molar-refractivity contribution >= 4 is 6.29 Å². The van der Waals surface area contributed by atoms with Gasteiger partial charge in [-0.2, -0.15) is 0 Å². The smallest absolute Gasteiger partial charge is 0.161 e. The number of benzene rings is 2. The van der Waals surface area contributed by atoms with Gasteiger partial charge in [-0.05, 0) is 41.8 Å². The molecule has 0 unspecified atom stereocenters. The Bertz CT molecular complexity index is 650. The molecule has 0 aliphatic heterocycles. The van der Waals surface area contributed by atoms with Gasteiger partial charge in [0, 0.05) is 5.56 Å². The molecule has 0 spiro atoms. The Hall–Kier alpha value is -2.36. The van der Waals surface area contributed by atoms with Crippen molar-refractivity contribution in [2.24, 2.45) is 0 Å². The van der Waals surface area contributed by atoms with Gasteiger partial charge in [-0.1, -0.05) is 12.1 Å². The normalized spacial score (nSPS) is 10.2. The van der Waals surface area contributed by atoms with Crippen molar-refractivity contribution in [3.63, 3.8) is 0 Å². The summed E-state index contributed by atoms with van der Waals surface area (Å²) >= 11 is 0. The van der Waals surface area contributed by atoms with Crippen LogP contribution < -0.4 is 9.47 Å². The van der Waals surface area contributed by atoms with Crippen molar-refractivity contribution < 1.29 is 18.7 Å². The third-order valence-electron chi connectivity index (χ3n) is 3.17. The number of methoxy groups -OCH3 is 2. The number of ether oxygens (including phenoxy) is 2. The van der Waals surface area contributed by atoms with Crippen LogP contribution in [-0.2, 0) is 0 Å². The van der Waals surface area contributed by atoms with Crippen LogP contribution >= 0.6 is 0 Å². The molecule has 20 heavy (non-hydrogen) atoms. The maximum atomic E-state index is 13.7. The second-order valence-corrected chi connectivity index (χ2v) is 4.38. The molecule has 0 fully saturated rings. The van der Waals surface area contributed by atoms with Gasteiger partial charge >= 0.3 is 0 Å². The molecular formula is C16H15FO3. The average molecular weight is 274 g/mol. The van der Waals surface area contributed by atoms with Crippen LogP contribution in [-0.4, -0.2) is 20.5 Å². The summed E-state index contributed by atoms with van der Waals surface area (Å²) in [4.78, 5) is 11.2. The van der Waals surface area contributed by atoms with E-state index in [1.54, 1.807) is 31.2 Å². The van der Waals surface area contributed by atoms with Crippen molar-refractivity contribution in [2.75, 3.05) is 14.2 Å². The molecule has 0 saturated heterocycles. The van der Waals surface area contributed by atoms with E-state index in [0.29, 0.717) is 33.8 Å². The molecule has 0 atom stereocenters. The molecule has 0 aliphatic rings. The van der Waals surface area contributed by atoms with E-state index in [2.05, 4.69) is 0 Å². The summed E-state index contributed by atoms with van der Waals surface area (Å²) in [6, 6.07) is 8.11. The molecule has 0 saturated carbocycles. The van der Waals surface area contributed by atoms with Gasteiger partial charge in [-0.15, -0.1) is 0 Å². The highest BCUT2D eigenvalue weighted by Gasteiger charge is 2.13. The van der Waals surface area contributed by atoms with Crippen LogP contribution in [0.4, 0.5) is 4.39 Å². The van der Waals surface area contributed by atoms with Gasteiger partial charge in [-0.3, -0.25) is 4.79 Å². The van der Waals surface area contributed by atoms with Crippen LogP contribution in [0.5, 0.6) is 11.5 Å². The Morgan fingerprint density at radius 1 is 1.05 bits per heavy atom. The molecule has 0 aliphatic carbocycles. The van der Waals surface area contributed by atoms with Gasteiger partial charge in [0.1, 0.15) is 5.82 Å². The highest BCUT2D eigenvalue weighted by atomic mass is 19.1. The van der Waals surface area contributed by atoms with Crippen LogP contribution in [0.15, 0.2) is 30.3 Å². The van der Waals surface area contributed by atoms with Crippen molar-refractivity contribution in [1.29, 1.82) is 0 Å². The number of halogens is 1. The zero-order valence-corrected chi connectivity index (χ0v) is 11.6. The number of carbonyl (C=O) groups is 1. The van der Waals surface area contributed by atoms with Crippen molar-refractivity contribution in [3.8, 4) is 22.6 Å². The van der Waals surface area contributed by atoms with E-state index in [4.69, 9.17) is 9.47 Å². The Balaban J connectivity index is 2.65. The van der Waals surface area contributed by atoms with E-state index >= 15 is 0 Å². The Morgan fingerprint density at radius 2 is 1.70 bits per heavy atom. The van der Waals surface area contributed by atoms with E-state index in [9.17, 15) is 9.18 Å². The van der Waals surface area contributed by atoms with E-state index in [1.807, 2.05) is 0 Å². The highest BCUT2D eigenvalue weighted by molar-refractivity contribution is 5.89. The predicted molar refractivity (Wildman–Crippen MR) is 75.1 cm³/mol. The van der Waals surface area contributed by atoms with Gasteiger partial charge in [0.15, 0.2) is 17.8 Å². The van der Waals surface area contributed by atoms with Crippen LogP contribution in [0.25, 0.3) is 11.1 Å².